The van der Waals surface area contributed by atoms with Gasteiger partial charge in [-0.1, -0.05) is 12.1 Å². The number of hydrogen-bond acceptors (Lipinski definition) is 4. The van der Waals surface area contributed by atoms with Crippen LogP contribution in [0.4, 0.5) is 4.39 Å². The van der Waals surface area contributed by atoms with Crippen molar-refractivity contribution in [2.75, 3.05) is 7.11 Å². The third-order valence-electron chi connectivity index (χ3n) is 4.32. The van der Waals surface area contributed by atoms with Crippen molar-refractivity contribution >= 4 is 11.9 Å². The summed E-state index contributed by atoms with van der Waals surface area (Å²) in [5, 5.41) is 2.84. The molecule has 1 N–H and O–H groups in total. The number of nitrogens with one attached hydrogen (secondary N) is 1. The van der Waals surface area contributed by atoms with Gasteiger partial charge in [-0.05, 0) is 43.0 Å². The number of carbonyl (C=O) groups excluding carboxylic acids is 2. The maximum absolute atomic E-state index is 13.3. The minimum Gasteiger partial charge on any atom is -0.463 e. The fraction of sp³-hybridized carbons (Fsp3) is 0.333. The monoisotopic (exact) mass is 331 g/mol. The van der Waals surface area contributed by atoms with Crippen LogP contribution in [0.15, 0.2) is 41.0 Å². The first kappa shape index (κ1) is 16.2. The normalized spacial score (nSPS) is 14.9. The quantitative estimate of drug-likeness (QED) is 0.827. The van der Waals surface area contributed by atoms with E-state index < -0.39 is 11.4 Å². The molecular weight excluding hydrogens is 313 g/mol. The highest BCUT2D eigenvalue weighted by Crippen LogP contribution is 2.48. The van der Waals surface area contributed by atoms with Gasteiger partial charge >= 0.3 is 5.97 Å². The van der Waals surface area contributed by atoms with Gasteiger partial charge in [0.1, 0.15) is 5.82 Å². The Morgan fingerprint density at radius 2 is 2.12 bits per heavy atom. The Labute approximate surface area is 138 Å². The van der Waals surface area contributed by atoms with Crippen LogP contribution in [-0.2, 0) is 22.5 Å². The van der Waals surface area contributed by atoms with Crippen LogP contribution in [0.25, 0.3) is 0 Å². The lowest BCUT2D eigenvalue weighted by Crippen LogP contribution is -2.33. The molecule has 1 heterocycles. The van der Waals surface area contributed by atoms with E-state index in [9.17, 15) is 14.0 Å². The molecule has 1 aliphatic rings. The minimum atomic E-state index is -0.579. The molecule has 2 aromatic rings. The van der Waals surface area contributed by atoms with Crippen LogP contribution in [0.3, 0.4) is 0 Å². The van der Waals surface area contributed by atoms with Crippen LogP contribution in [0.5, 0.6) is 0 Å². The number of halogens is 1. The summed E-state index contributed by atoms with van der Waals surface area (Å²) < 4.78 is 23.0. The Bertz CT molecular complexity index is 764. The predicted molar refractivity (Wildman–Crippen MR) is 83.7 cm³/mol. The lowest BCUT2D eigenvalue weighted by atomic mass is 9.95. The molecule has 1 aromatic carbocycles. The molecule has 3 rings (SSSR count). The van der Waals surface area contributed by atoms with Crippen LogP contribution in [0, 0.1) is 11.2 Å². The highest BCUT2D eigenvalue weighted by Gasteiger charge is 2.49. The molecule has 0 unspecified atom stereocenters. The van der Waals surface area contributed by atoms with Crippen molar-refractivity contribution in [1.82, 2.24) is 5.32 Å². The van der Waals surface area contributed by atoms with Crippen LogP contribution in [0.1, 0.15) is 34.5 Å². The predicted octanol–water partition coefficient (Wildman–Crippen LogP) is 2.84. The summed E-state index contributed by atoms with van der Waals surface area (Å²) in [6.07, 6.45) is 3.43. The van der Waals surface area contributed by atoms with Gasteiger partial charge in [0.25, 0.3) is 0 Å². The molecule has 1 saturated carbocycles. The lowest BCUT2D eigenvalue weighted by molar-refractivity contribution is -0.126. The highest BCUT2D eigenvalue weighted by molar-refractivity contribution is 5.88. The number of amides is 1. The minimum absolute atomic E-state index is 0.0905. The van der Waals surface area contributed by atoms with Gasteiger partial charge in [-0.3, -0.25) is 4.79 Å². The largest absolute Gasteiger partial charge is 0.463 e. The summed E-state index contributed by atoms with van der Waals surface area (Å²) in [5.74, 6) is -0.883. The van der Waals surface area contributed by atoms with Gasteiger partial charge < -0.3 is 14.5 Å². The Hall–Kier alpha value is -2.63. The zero-order valence-electron chi connectivity index (χ0n) is 13.3. The van der Waals surface area contributed by atoms with Crippen molar-refractivity contribution in [2.45, 2.75) is 25.8 Å². The molecule has 1 fully saturated rings. The molecule has 0 aliphatic heterocycles. The van der Waals surface area contributed by atoms with E-state index in [1.165, 1.54) is 25.5 Å². The SMILES string of the molecule is COC(=O)c1occc1CNC(=O)C1(Cc2cccc(F)c2)CC1. The van der Waals surface area contributed by atoms with Crippen molar-refractivity contribution in [3.05, 3.63) is 59.3 Å². The van der Waals surface area contributed by atoms with Crippen LogP contribution >= 0.6 is 0 Å². The smallest absolute Gasteiger partial charge is 0.374 e. The van der Waals surface area contributed by atoms with E-state index in [4.69, 9.17) is 4.42 Å². The second-order valence-corrected chi connectivity index (χ2v) is 6.04. The Kier molecular flexibility index (Phi) is 4.38. The topological polar surface area (TPSA) is 68.5 Å². The first-order valence-corrected chi connectivity index (χ1v) is 7.71. The van der Waals surface area contributed by atoms with Gasteiger partial charge in [0.2, 0.25) is 11.7 Å². The van der Waals surface area contributed by atoms with Crippen molar-refractivity contribution in [1.29, 1.82) is 0 Å². The van der Waals surface area contributed by atoms with Gasteiger partial charge in [0, 0.05) is 12.1 Å². The number of methoxy groups -OCH3 is 1. The summed E-state index contributed by atoms with van der Waals surface area (Å²) in [5.41, 5.74) is 0.890. The number of carbonyl (C=O) groups is 2. The fourth-order valence-electron chi connectivity index (χ4n) is 2.78. The van der Waals surface area contributed by atoms with E-state index in [1.54, 1.807) is 12.1 Å². The highest BCUT2D eigenvalue weighted by atomic mass is 19.1. The summed E-state index contributed by atoms with van der Waals surface area (Å²) in [6.45, 7) is 0.185. The van der Waals surface area contributed by atoms with E-state index >= 15 is 0 Å². The zero-order chi connectivity index (χ0) is 17.2. The van der Waals surface area contributed by atoms with Crippen LogP contribution < -0.4 is 5.32 Å². The standard InChI is InChI=1S/C18H18FNO4/c1-23-16(21)15-13(5-8-24-15)11-20-17(22)18(6-7-18)10-12-3-2-4-14(19)9-12/h2-5,8-9H,6-7,10-11H2,1H3,(H,20,22). The molecule has 1 amide bonds. The van der Waals surface area contributed by atoms with Crippen LogP contribution in [-0.4, -0.2) is 19.0 Å². The van der Waals surface area contributed by atoms with Crippen molar-refractivity contribution in [3.63, 3.8) is 0 Å². The van der Waals surface area contributed by atoms with E-state index in [0.29, 0.717) is 12.0 Å². The molecule has 126 valence electrons. The molecule has 0 radical (unpaired) electrons. The second kappa shape index (κ2) is 6.47. The van der Waals surface area contributed by atoms with Gasteiger partial charge in [-0.2, -0.15) is 0 Å². The molecule has 24 heavy (non-hydrogen) atoms. The molecule has 1 aromatic heterocycles. The number of esters is 1. The van der Waals surface area contributed by atoms with Crippen molar-refractivity contribution in [3.8, 4) is 0 Å². The average molecular weight is 331 g/mol. The maximum atomic E-state index is 13.3. The zero-order valence-corrected chi connectivity index (χ0v) is 13.3. The number of furan rings is 1. The van der Waals surface area contributed by atoms with E-state index in [-0.39, 0.29) is 24.0 Å². The lowest BCUT2D eigenvalue weighted by Gasteiger charge is -2.15. The Morgan fingerprint density at radius 3 is 2.79 bits per heavy atom. The first-order chi connectivity index (χ1) is 11.5. The van der Waals surface area contributed by atoms with Gasteiger partial charge in [-0.15, -0.1) is 0 Å². The summed E-state index contributed by atoms with van der Waals surface area (Å²) in [4.78, 5) is 24.1. The first-order valence-electron chi connectivity index (χ1n) is 7.71. The van der Waals surface area contributed by atoms with Gasteiger partial charge in [0.15, 0.2) is 0 Å². The fourth-order valence-corrected chi connectivity index (χ4v) is 2.78. The molecular formula is C18H18FNO4. The molecule has 0 spiro atoms. The van der Waals surface area contributed by atoms with E-state index in [1.807, 2.05) is 6.07 Å². The third-order valence-corrected chi connectivity index (χ3v) is 4.32. The Morgan fingerprint density at radius 1 is 1.33 bits per heavy atom. The van der Waals surface area contributed by atoms with Crippen LogP contribution in [0.2, 0.25) is 0 Å². The number of benzene rings is 1. The molecule has 1 aliphatic carbocycles. The molecule has 6 heteroatoms. The summed E-state index contributed by atoms with van der Waals surface area (Å²) in [7, 11) is 1.27. The summed E-state index contributed by atoms with van der Waals surface area (Å²) in [6, 6.07) is 7.93. The molecule has 0 saturated heterocycles. The van der Waals surface area contributed by atoms with E-state index in [2.05, 4.69) is 10.1 Å². The van der Waals surface area contributed by atoms with Gasteiger partial charge in [0.05, 0.1) is 18.8 Å². The number of rotatable bonds is 6. The second-order valence-electron chi connectivity index (χ2n) is 6.04. The molecule has 5 nitrogen and oxygen atoms in total. The van der Waals surface area contributed by atoms with Gasteiger partial charge in [-0.25, -0.2) is 9.18 Å². The molecule has 0 atom stereocenters. The van der Waals surface area contributed by atoms with Crippen molar-refractivity contribution in [2.24, 2.45) is 5.41 Å². The average Bonchev–Trinajstić information content (AvgIpc) is 3.20. The third kappa shape index (κ3) is 3.32. The number of ether oxygens (including phenoxy) is 1. The number of hydrogen-bond donors (Lipinski definition) is 1. The maximum Gasteiger partial charge on any atom is 0.374 e. The molecule has 0 bridgehead atoms. The van der Waals surface area contributed by atoms with Crippen molar-refractivity contribution < 1.29 is 23.1 Å². The Balaban J connectivity index is 1.63. The van der Waals surface area contributed by atoms with E-state index in [0.717, 1.165) is 18.4 Å². The summed E-state index contributed by atoms with van der Waals surface area (Å²) >= 11 is 0.